The molecule has 3 aromatic heterocycles. The van der Waals surface area contributed by atoms with Gasteiger partial charge in [-0.1, -0.05) is 12.1 Å². The minimum absolute atomic E-state index is 0.716. The van der Waals surface area contributed by atoms with Gasteiger partial charge in [-0.25, -0.2) is 9.97 Å². The molecule has 6 heteroatoms. The summed E-state index contributed by atoms with van der Waals surface area (Å²) in [6, 6.07) is 12.4. The van der Waals surface area contributed by atoms with E-state index < -0.39 is 0 Å². The lowest BCUT2D eigenvalue weighted by Crippen LogP contribution is -2.00. The van der Waals surface area contributed by atoms with Gasteiger partial charge in [0.05, 0.1) is 11.6 Å². The molecule has 0 spiro atoms. The van der Waals surface area contributed by atoms with Gasteiger partial charge in [0, 0.05) is 25.1 Å². The molecule has 0 bridgehead atoms. The Labute approximate surface area is 145 Å². The van der Waals surface area contributed by atoms with E-state index in [4.69, 9.17) is 0 Å². The lowest BCUT2D eigenvalue weighted by atomic mass is 10.1. The number of aromatic nitrogens is 5. The molecule has 0 aliphatic carbocycles. The molecule has 0 atom stereocenters. The van der Waals surface area contributed by atoms with Crippen molar-refractivity contribution in [2.75, 3.05) is 5.32 Å². The Morgan fingerprint density at radius 1 is 0.960 bits per heavy atom. The quantitative estimate of drug-likeness (QED) is 0.621. The Morgan fingerprint density at radius 2 is 1.68 bits per heavy atom. The van der Waals surface area contributed by atoms with Crippen molar-refractivity contribution < 1.29 is 0 Å². The molecule has 0 saturated carbocycles. The van der Waals surface area contributed by atoms with Crippen molar-refractivity contribution >= 4 is 22.5 Å². The Bertz CT molecular complexity index is 1010. The van der Waals surface area contributed by atoms with E-state index in [1.165, 1.54) is 11.1 Å². The van der Waals surface area contributed by atoms with Crippen LogP contribution in [0.25, 0.3) is 11.0 Å². The molecule has 0 fully saturated rings. The van der Waals surface area contributed by atoms with Gasteiger partial charge in [0.15, 0.2) is 5.65 Å². The fourth-order valence-corrected chi connectivity index (χ4v) is 2.81. The van der Waals surface area contributed by atoms with E-state index in [1.54, 1.807) is 10.9 Å². The zero-order valence-electron chi connectivity index (χ0n) is 14.1. The topological polar surface area (TPSA) is 68.5 Å². The zero-order valence-corrected chi connectivity index (χ0v) is 14.1. The molecule has 4 aromatic rings. The minimum Gasteiger partial charge on any atom is -0.340 e. The van der Waals surface area contributed by atoms with Crippen molar-refractivity contribution in [1.82, 2.24) is 24.7 Å². The largest absolute Gasteiger partial charge is 0.340 e. The molecule has 3 heterocycles. The van der Waals surface area contributed by atoms with Crippen molar-refractivity contribution in [1.29, 1.82) is 0 Å². The summed E-state index contributed by atoms with van der Waals surface area (Å²) in [5.74, 6) is 1.49. The molecule has 124 valence electrons. The van der Waals surface area contributed by atoms with Gasteiger partial charge in [0.25, 0.3) is 0 Å². The number of hydrogen-bond donors (Lipinski definition) is 1. The first-order valence-corrected chi connectivity index (χ1v) is 8.10. The number of hydrogen-bond acceptors (Lipinski definition) is 5. The summed E-state index contributed by atoms with van der Waals surface area (Å²) in [5.41, 5.74) is 4.31. The second kappa shape index (κ2) is 6.32. The van der Waals surface area contributed by atoms with E-state index in [0.717, 1.165) is 29.0 Å². The molecule has 0 aliphatic heterocycles. The number of rotatable bonds is 4. The molecule has 0 unspecified atom stereocenters. The summed E-state index contributed by atoms with van der Waals surface area (Å²) in [5, 5.41) is 8.56. The van der Waals surface area contributed by atoms with E-state index >= 15 is 0 Å². The Hall–Kier alpha value is -3.28. The van der Waals surface area contributed by atoms with Crippen LogP contribution >= 0.6 is 0 Å². The van der Waals surface area contributed by atoms with Crippen molar-refractivity contribution in [2.24, 2.45) is 7.05 Å². The van der Waals surface area contributed by atoms with Gasteiger partial charge in [-0.15, -0.1) is 0 Å². The molecule has 1 N–H and O–H groups in total. The monoisotopic (exact) mass is 330 g/mol. The second-order valence-electron chi connectivity index (χ2n) is 5.98. The molecule has 4 rings (SSSR count). The van der Waals surface area contributed by atoms with Crippen LogP contribution in [0.3, 0.4) is 0 Å². The van der Waals surface area contributed by atoms with Crippen LogP contribution in [0.1, 0.15) is 17.0 Å². The number of fused-ring (bicyclic) bond motifs is 1. The average molecular weight is 330 g/mol. The molecular formula is C19H18N6. The maximum absolute atomic E-state index is 4.52. The smallest absolute Gasteiger partial charge is 0.163 e. The standard InChI is InChI=1S/C19H18N6/c1-13-22-18(17-12-21-25(2)19(17)23-13)24-16-5-3-14(4-6-16)11-15-7-9-20-10-8-15/h3-10,12H,11H2,1-2H3,(H,22,23,24). The summed E-state index contributed by atoms with van der Waals surface area (Å²) < 4.78 is 1.76. The van der Waals surface area contributed by atoms with Crippen LogP contribution in [0.4, 0.5) is 11.5 Å². The van der Waals surface area contributed by atoms with Crippen molar-refractivity contribution in [3.05, 3.63) is 71.9 Å². The zero-order chi connectivity index (χ0) is 17.2. The molecule has 25 heavy (non-hydrogen) atoms. The third-order valence-electron chi connectivity index (χ3n) is 4.08. The summed E-state index contributed by atoms with van der Waals surface area (Å²) in [4.78, 5) is 13.0. The van der Waals surface area contributed by atoms with Gasteiger partial charge < -0.3 is 5.32 Å². The second-order valence-corrected chi connectivity index (χ2v) is 5.98. The van der Waals surface area contributed by atoms with Crippen LogP contribution in [0.2, 0.25) is 0 Å². The number of benzene rings is 1. The number of aryl methyl sites for hydroxylation is 2. The minimum atomic E-state index is 0.716. The number of anilines is 2. The van der Waals surface area contributed by atoms with Crippen molar-refractivity contribution in [2.45, 2.75) is 13.3 Å². The Morgan fingerprint density at radius 3 is 2.44 bits per heavy atom. The Balaban J connectivity index is 1.57. The molecule has 1 aromatic carbocycles. The number of nitrogens with one attached hydrogen (secondary N) is 1. The maximum Gasteiger partial charge on any atom is 0.163 e. The third kappa shape index (κ3) is 3.19. The highest BCUT2D eigenvalue weighted by atomic mass is 15.3. The first-order chi connectivity index (χ1) is 12.2. The first-order valence-electron chi connectivity index (χ1n) is 8.10. The summed E-state index contributed by atoms with van der Waals surface area (Å²) in [6.07, 6.45) is 6.32. The van der Waals surface area contributed by atoms with Gasteiger partial charge >= 0.3 is 0 Å². The highest BCUT2D eigenvalue weighted by Gasteiger charge is 2.10. The molecule has 0 saturated heterocycles. The van der Waals surface area contributed by atoms with Crippen molar-refractivity contribution in [3.63, 3.8) is 0 Å². The number of nitrogens with zero attached hydrogens (tertiary/aromatic N) is 5. The molecular weight excluding hydrogens is 312 g/mol. The predicted octanol–water partition coefficient (Wildman–Crippen LogP) is 3.40. The predicted molar refractivity (Wildman–Crippen MR) is 97.8 cm³/mol. The SMILES string of the molecule is Cc1nc(Nc2ccc(Cc3ccncc3)cc2)c2cnn(C)c2n1. The van der Waals surface area contributed by atoms with E-state index in [1.807, 2.05) is 38.5 Å². The van der Waals surface area contributed by atoms with E-state index in [9.17, 15) is 0 Å². The first kappa shape index (κ1) is 15.3. The van der Waals surface area contributed by atoms with Crippen LogP contribution in [-0.4, -0.2) is 24.7 Å². The fraction of sp³-hybridized carbons (Fsp3) is 0.158. The summed E-state index contributed by atoms with van der Waals surface area (Å²) in [6.45, 7) is 1.88. The lowest BCUT2D eigenvalue weighted by Gasteiger charge is -2.09. The molecule has 0 amide bonds. The van der Waals surface area contributed by atoms with E-state index in [-0.39, 0.29) is 0 Å². The van der Waals surface area contributed by atoms with Crippen LogP contribution in [0.5, 0.6) is 0 Å². The lowest BCUT2D eigenvalue weighted by molar-refractivity contribution is 0.783. The average Bonchev–Trinajstić information content (AvgIpc) is 2.99. The van der Waals surface area contributed by atoms with Crippen LogP contribution in [-0.2, 0) is 13.5 Å². The van der Waals surface area contributed by atoms with E-state index in [0.29, 0.717) is 5.82 Å². The normalized spacial score (nSPS) is 11.0. The fourth-order valence-electron chi connectivity index (χ4n) is 2.81. The highest BCUT2D eigenvalue weighted by Crippen LogP contribution is 2.23. The maximum atomic E-state index is 4.52. The van der Waals surface area contributed by atoms with Gasteiger partial charge in [-0.05, 0) is 48.7 Å². The molecule has 0 aliphatic rings. The summed E-state index contributed by atoms with van der Waals surface area (Å²) >= 11 is 0. The van der Waals surface area contributed by atoms with Crippen LogP contribution in [0, 0.1) is 6.92 Å². The summed E-state index contributed by atoms with van der Waals surface area (Å²) in [7, 11) is 1.88. The molecule has 6 nitrogen and oxygen atoms in total. The number of pyridine rings is 1. The van der Waals surface area contributed by atoms with Gasteiger partial charge in [-0.2, -0.15) is 5.10 Å². The molecule has 0 radical (unpaired) electrons. The van der Waals surface area contributed by atoms with Gasteiger partial charge in [0.2, 0.25) is 0 Å². The third-order valence-corrected chi connectivity index (χ3v) is 4.08. The highest BCUT2D eigenvalue weighted by molar-refractivity contribution is 5.88. The van der Waals surface area contributed by atoms with Gasteiger partial charge in [0.1, 0.15) is 11.6 Å². The van der Waals surface area contributed by atoms with Crippen LogP contribution in [0.15, 0.2) is 55.0 Å². The Kier molecular flexibility index (Phi) is 3.85. The van der Waals surface area contributed by atoms with Gasteiger partial charge in [-0.3, -0.25) is 9.67 Å². The van der Waals surface area contributed by atoms with Crippen molar-refractivity contribution in [3.8, 4) is 0 Å². The van der Waals surface area contributed by atoms with Crippen LogP contribution < -0.4 is 5.32 Å². The van der Waals surface area contributed by atoms with E-state index in [2.05, 4.69) is 49.6 Å².